The molecule has 4 nitrogen and oxygen atoms in total. The molecule has 0 atom stereocenters. The number of carbonyl (C=O) groups is 1. The van der Waals surface area contributed by atoms with Gasteiger partial charge >= 0.3 is 6.18 Å². The van der Waals surface area contributed by atoms with E-state index in [1.165, 1.54) is 19.3 Å². The monoisotopic (exact) mass is 281 g/mol. The molecule has 0 spiro atoms. The lowest BCUT2D eigenvalue weighted by atomic mass is 10.2. The second-order valence-corrected chi connectivity index (χ2v) is 4.07. The molecule has 1 aromatic heterocycles. The van der Waals surface area contributed by atoms with Gasteiger partial charge < -0.3 is 10.6 Å². The normalized spacial score (nSPS) is 11.4. The van der Waals surface area contributed by atoms with Crippen molar-refractivity contribution in [3.63, 3.8) is 0 Å². The summed E-state index contributed by atoms with van der Waals surface area (Å²) in [6, 6.07) is 1.23. The minimum Gasteiger partial charge on any atom is -0.397 e. The number of nitrogens with two attached hydrogens (primary N) is 1. The summed E-state index contributed by atoms with van der Waals surface area (Å²) in [6.45, 7) is -0.443. The summed E-state index contributed by atoms with van der Waals surface area (Å²) < 4.78 is 36.1. The molecule has 2 N–H and O–H groups in total. The first kappa shape index (κ1) is 14.6. The molecule has 0 unspecified atom stereocenters. The topological polar surface area (TPSA) is 59.2 Å². The molecule has 1 aromatic rings. The van der Waals surface area contributed by atoms with Gasteiger partial charge in [-0.2, -0.15) is 13.2 Å². The fourth-order valence-corrected chi connectivity index (χ4v) is 1.39. The smallest absolute Gasteiger partial charge is 0.390 e. The number of anilines is 1. The molecule has 8 heteroatoms. The summed E-state index contributed by atoms with van der Waals surface area (Å²) in [4.78, 5) is 16.4. The highest BCUT2D eigenvalue weighted by Gasteiger charge is 2.28. The van der Waals surface area contributed by atoms with E-state index in [0.29, 0.717) is 0 Å². The molecule has 0 radical (unpaired) electrons. The number of amides is 1. The highest BCUT2D eigenvalue weighted by Crippen LogP contribution is 2.21. The molecular formula is C10H11ClF3N3O. The van der Waals surface area contributed by atoms with Crippen molar-refractivity contribution in [1.29, 1.82) is 0 Å². The Morgan fingerprint density at radius 3 is 2.72 bits per heavy atom. The van der Waals surface area contributed by atoms with E-state index in [9.17, 15) is 18.0 Å². The Labute approximate surface area is 107 Å². The quantitative estimate of drug-likeness (QED) is 0.865. The maximum atomic E-state index is 12.0. The summed E-state index contributed by atoms with van der Waals surface area (Å²) in [5.41, 5.74) is 5.63. The average Bonchev–Trinajstić information content (AvgIpc) is 2.27. The minimum atomic E-state index is -4.31. The maximum absolute atomic E-state index is 12.0. The fraction of sp³-hybridized carbons (Fsp3) is 0.400. The highest BCUT2D eigenvalue weighted by atomic mass is 35.5. The third-order valence-corrected chi connectivity index (χ3v) is 2.42. The van der Waals surface area contributed by atoms with Crippen LogP contribution in [0.15, 0.2) is 12.3 Å². The van der Waals surface area contributed by atoms with Gasteiger partial charge in [-0.3, -0.25) is 4.79 Å². The Morgan fingerprint density at radius 1 is 1.56 bits per heavy atom. The number of aromatic nitrogens is 1. The van der Waals surface area contributed by atoms with Gasteiger partial charge in [0, 0.05) is 13.6 Å². The van der Waals surface area contributed by atoms with Crippen LogP contribution in [-0.2, 0) is 0 Å². The Kier molecular flexibility index (Phi) is 4.39. The standard InChI is InChI=1S/C10H11ClF3N3O/c1-17(3-2-10(12,13)14)9(18)6-4-8(11)16-5-7(6)15/h4-5H,2-3,15H2,1H3. The van der Waals surface area contributed by atoms with Gasteiger partial charge in [0.2, 0.25) is 0 Å². The van der Waals surface area contributed by atoms with Crippen LogP contribution in [-0.4, -0.2) is 35.6 Å². The second-order valence-electron chi connectivity index (χ2n) is 3.69. The van der Waals surface area contributed by atoms with Crippen LogP contribution < -0.4 is 5.73 Å². The Balaban J connectivity index is 2.77. The summed E-state index contributed by atoms with van der Waals surface area (Å²) in [5, 5.41) is 0.0526. The van der Waals surface area contributed by atoms with Crippen LogP contribution in [0.4, 0.5) is 18.9 Å². The highest BCUT2D eigenvalue weighted by molar-refractivity contribution is 6.29. The summed E-state index contributed by atoms with van der Waals surface area (Å²) in [6.07, 6.45) is -4.20. The number of pyridine rings is 1. The van der Waals surface area contributed by atoms with Crippen molar-refractivity contribution < 1.29 is 18.0 Å². The van der Waals surface area contributed by atoms with Crippen LogP contribution in [0.25, 0.3) is 0 Å². The van der Waals surface area contributed by atoms with E-state index in [4.69, 9.17) is 17.3 Å². The van der Waals surface area contributed by atoms with Gasteiger partial charge in [-0.05, 0) is 6.07 Å². The van der Waals surface area contributed by atoms with E-state index in [0.717, 1.165) is 4.90 Å². The molecule has 0 aliphatic carbocycles. The molecule has 100 valence electrons. The molecule has 18 heavy (non-hydrogen) atoms. The largest absolute Gasteiger partial charge is 0.397 e. The molecule has 0 saturated heterocycles. The molecule has 0 aliphatic rings. The lowest BCUT2D eigenvalue weighted by Crippen LogP contribution is -2.31. The van der Waals surface area contributed by atoms with E-state index in [1.54, 1.807) is 0 Å². The fourth-order valence-electron chi connectivity index (χ4n) is 1.23. The Morgan fingerprint density at radius 2 is 2.17 bits per heavy atom. The molecule has 1 heterocycles. The minimum absolute atomic E-state index is 0.0414. The van der Waals surface area contributed by atoms with Crippen LogP contribution in [0, 0.1) is 0 Å². The zero-order valence-electron chi connectivity index (χ0n) is 9.46. The molecule has 1 amide bonds. The van der Waals surface area contributed by atoms with Crippen LogP contribution in [0.3, 0.4) is 0 Å². The van der Waals surface area contributed by atoms with E-state index in [2.05, 4.69) is 4.98 Å². The first-order valence-corrected chi connectivity index (χ1v) is 5.32. The number of nitrogens with zero attached hydrogens (tertiary/aromatic N) is 2. The number of alkyl halides is 3. The molecule has 0 bridgehead atoms. The van der Waals surface area contributed by atoms with E-state index < -0.39 is 25.0 Å². The van der Waals surface area contributed by atoms with Gasteiger partial charge in [-0.25, -0.2) is 4.98 Å². The molecule has 0 aliphatic heterocycles. The Hall–Kier alpha value is -1.50. The van der Waals surface area contributed by atoms with Crippen LogP contribution in [0.2, 0.25) is 5.15 Å². The zero-order chi connectivity index (χ0) is 13.9. The number of rotatable bonds is 3. The molecular weight excluding hydrogens is 271 g/mol. The predicted octanol–water partition coefficient (Wildman–Crippen LogP) is 2.34. The van der Waals surface area contributed by atoms with Crippen LogP contribution in [0.1, 0.15) is 16.8 Å². The lowest BCUT2D eigenvalue weighted by Gasteiger charge is -2.19. The Bertz CT molecular complexity index is 450. The van der Waals surface area contributed by atoms with Crippen LogP contribution in [0.5, 0.6) is 0 Å². The SMILES string of the molecule is CN(CCC(F)(F)F)C(=O)c1cc(Cl)ncc1N. The van der Waals surface area contributed by atoms with E-state index in [1.807, 2.05) is 0 Å². The van der Waals surface area contributed by atoms with Crippen molar-refractivity contribution in [3.8, 4) is 0 Å². The van der Waals surface area contributed by atoms with Gasteiger partial charge in [0.1, 0.15) is 5.15 Å². The van der Waals surface area contributed by atoms with Gasteiger partial charge in [0.05, 0.1) is 23.9 Å². The van der Waals surface area contributed by atoms with Crippen LogP contribution >= 0.6 is 11.6 Å². The van der Waals surface area contributed by atoms with Crippen molar-refractivity contribution in [3.05, 3.63) is 23.0 Å². The zero-order valence-corrected chi connectivity index (χ0v) is 10.2. The summed E-state index contributed by atoms with van der Waals surface area (Å²) >= 11 is 5.60. The second kappa shape index (κ2) is 5.43. The van der Waals surface area contributed by atoms with Crippen molar-refractivity contribution in [2.45, 2.75) is 12.6 Å². The number of halogens is 4. The molecule has 0 saturated carbocycles. The van der Waals surface area contributed by atoms with Gasteiger partial charge in [0.25, 0.3) is 5.91 Å². The first-order valence-electron chi connectivity index (χ1n) is 4.94. The predicted molar refractivity (Wildman–Crippen MR) is 61.3 cm³/mol. The maximum Gasteiger partial charge on any atom is 0.390 e. The molecule has 0 aromatic carbocycles. The average molecular weight is 282 g/mol. The van der Waals surface area contributed by atoms with E-state index in [-0.39, 0.29) is 16.4 Å². The van der Waals surface area contributed by atoms with Crippen molar-refractivity contribution in [2.75, 3.05) is 19.3 Å². The van der Waals surface area contributed by atoms with Crippen molar-refractivity contribution >= 4 is 23.2 Å². The lowest BCUT2D eigenvalue weighted by molar-refractivity contribution is -0.136. The van der Waals surface area contributed by atoms with Crippen molar-refractivity contribution in [1.82, 2.24) is 9.88 Å². The number of hydrogen-bond donors (Lipinski definition) is 1. The molecule has 0 fully saturated rings. The number of nitrogen functional groups attached to an aromatic ring is 1. The number of carbonyl (C=O) groups excluding carboxylic acids is 1. The summed E-state index contributed by atoms with van der Waals surface area (Å²) in [5.74, 6) is -0.624. The summed E-state index contributed by atoms with van der Waals surface area (Å²) in [7, 11) is 1.27. The molecule has 1 rings (SSSR count). The third kappa shape index (κ3) is 4.06. The van der Waals surface area contributed by atoms with E-state index >= 15 is 0 Å². The van der Waals surface area contributed by atoms with Crippen molar-refractivity contribution in [2.24, 2.45) is 0 Å². The first-order chi connectivity index (χ1) is 8.20. The van der Waals surface area contributed by atoms with Gasteiger partial charge in [-0.15, -0.1) is 0 Å². The van der Waals surface area contributed by atoms with Gasteiger partial charge in [0.15, 0.2) is 0 Å². The number of hydrogen-bond acceptors (Lipinski definition) is 3. The van der Waals surface area contributed by atoms with Gasteiger partial charge in [-0.1, -0.05) is 11.6 Å². The third-order valence-electron chi connectivity index (χ3n) is 2.21.